The number of nitrogens with zero attached hydrogens (tertiary/aromatic N) is 2. The molecule has 0 unspecified atom stereocenters. The molecule has 28 heavy (non-hydrogen) atoms. The molecule has 0 saturated heterocycles. The smallest absolute Gasteiger partial charge is 0.278 e. The van der Waals surface area contributed by atoms with Crippen LogP contribution in [0.1, 0.15) is 36.0 Å². The zero-order valence-corrected chi connectivity index (χ0v) is 16.3. The van der Waals surface area contributed by atoms with Crippen LogP contribution in [-0.2, 0) is 0 Å². The predicted octanol–water partition coefficient (Wildman–Crippen LogP) is 2.62. The second-order valence-corrected chi connectivity index (χ2v) is 6.51. The summed E-state index contributed by atoms with van der Waals surface area (Å²) in [6.07, 6.45) is 6.45. The third-order valence-electron chi connectivity index (χ3n) is 4.76. The Bertz CT molecular complexity index is 806. The highest BCUT2D eigenvalue weighted by atomic mass is 16.5. The second-order valence-electron chi connectivity index (χ2n) is 6.51. The van der Waals surface area contributed by atoms with Gasteiger partial charge in [0.1, 0.15) is 6.10 Å². The van der Waals surface area contributed by atoms with Crippen LogP contribution in [0.25, 0.3) is 0 Å². The van der Waals surface area contributed by atoms with Crippen LogP contribution in [0.15, 0.2) is 30.6 Å². The number of hydrogen-bond donors (Lipinski definition) is 1. The molecular formula is C20H25N3O5. The zero-order chi connectivity index (χ0) is 19.9. The van der Waals surface area contributed by atoms with Gasteiger partial charge in [-0.15, -0.1) is 0 Å². The van der Waals surface area contributed by atoms with Gasteiger partial charge in [0.2, 0.25) is 0 Å². The SMILES string of the molecule is COc1ccc(C(=O)NC2CCC(Oc3nccnc3OC)CC2)cc1OC. The first kappa shape index (κ1) is 19.7. The van der Waals surface area contributed by atoms with Crippen molar-refractivity contribution in [1.82, 2.24) is 15.3 Å². The molecule has 2 aromatic rings. The monoisotopic (exact) mass is 387 g/mol. The van der Waals surface area contributed by atoms with Crippen LogP contribution >= 0.6 is 0 Å². The van der Waals surface area contributed by atoms with E-state index >= 15 is 0 Å². The Hall–Kier alpha value is -3.03. The summed E-state index contributed by atoms with van der Waals surface area (Å²) in [4.78, 5) is 20.8. The van der Waals surface area contributed by atoms with E-state index in [4.69, 9.17) is 18.9 Å². The summed E-state index contributed by atoms with van der Waals surface area (Å²) in [7, 11) is 4.65. The molecule has 0 atom stereocenters. The normalized spacial score (nSPS) is 18.8. The van der Waals surface area contributed by atoms with Crippen LogP contribution in [0, 0.1) is 0 Å². The highest BCUT2D eigenvalue weighted by Gasteiger charge is 2.25. The van der Waals surface area contributed by atoms with E-state index in [-0.39, 0.29) is 18.1 Å². The summed E-state index contributed by atoms with van der Waals surface area (Å²) in [5.74, 6) is 1.79. The highest BCUT2D eigenvalue weighted by Crippen LogP contribution is 2.29. The van der Waals surface area contributed by atoms with Crippen molar-refractivity contribution in [3.8, 4) is 23.3 Å². The molecule has 3 rings (SSSR count). The summed E-state index contributed by atoms with van der Waals surface area (Å²) in [5, 5.41) is 3.09. The third kappa shape index (κ3) is 4.62. The first-order valence-corrected chi connectivity index (χ1v) is 9.19. The molecule has 150 valence electrons. The van der Waals surface area contributed by atoms with E-state index < -0.39 is 0 Å². The molecule has 1 aliphatic rings. The highest BCUT2D eigenvalue weighted by molar-refractivity contribution is 5.95. The van der Waals surface area contributed by atoms with Crippen molar-refractivity contribution >= 4 is 5.91 Å². The number of amides is 1. The number of hydrogen-bond acceptors (Lipinski definition) is 7. The Kier molecular flexibility index (Phi) is 6.52. The molecule has 1 aromatic heterocycles. The number of nitrogens with one attached hydrogen (secondary N) is 1. The number of aromatic nitrogens is 2. The fraction of sp³-hybridized carbons (Fsp3) is 0.450. The van der Waals surface area contributed by atoms with Crippen molar-refractivity contribution in [3.63, 3.8) is 0 Å². The molecule has 0 bridgehead atoms. The molecule has 8 heteroatoms. The maximum atomic E-state index is 12.6. The lowest BCUT2D eigenvalue weighted by atomic mass is 9.92. The van der Waals surface area contributed by atoms with Gasteiger partial charge in [-0.05, 0) is 43.9 Å². The van der Waals surface area contributed by atoms with Crippen LogP contribution < -0.4 is 24.3 Å². The lowest BCUT2D eigenvalue weighted by molar-refractivity contribution is 0.0886. The van der Waals surface area contributed by atoms with E-state index in [0.29, 0.717) is 28.8 Å². The fourth-order valence-electron chi connectivity index (χ4n) is 3.26. The van der Waals surface area contributed by atoms with Crippen molar-refractivity contribution in [2.75, 3.05) is 21.3 Å². The maximum Gasteiger partial charge on any atom is 0.278 e. The van der Waals surface area contributed by atoms with Gasteiger partial charge in [-0.1, -0.05) is 0 Å². The first-order chi connectivity index (χ1) is 13.6. The summed E-state index contributed by atoms with van der Waals surface area (Å²) in [5.41, 5.74) is 0.542. The molecule has 0 aliphatic heterocycles. The van der Waals surface area contributed by atoms with Crippen molar-refractivity contribution in [2.45, 2.75) is 37.8 Å². The Balaban J connectivity index is 1.53. The first-order valence-electron chi connectivity index (χ1n) is 9.19. The van der Waals surface area contributed by atoms with E-state index in [1.54, 1.807) is 44.8 Å². The van der Waals surface area contributed by atoms with Crippen molar-refractivity contribution in [1.29, 1.82) is 0 Å². The minimum absolute atomic E-state index is 0.0276. The maximum absolute atomic E-state index is 12.6. The van der Waals surface area contributed by atoms with Crippen LogP contribution in [0.3, 0.4) is 0 Å². The Morgan fingerprint density at radius 3 is 2.25 bits per heavy atom. The standard InChI is InChI=1S/C20H25N3O5/c1-25-16-9-4-13(12-17(16)26-2)18(24)23-14-5-7-15(8-6-14)28-20-19(27-3)21-10-11-22-20/h4,9-12,14-15H,5-8H2,1-3H3,(H,23,24). The number of ether oxygens (including phenoxy) is 4. The lowest BCUT2D eigenvalue weighted by Gasteiger charge is -2.29. The van der Waals surface area contributed by atoms with Crippen molar-refractivity contribution in [2.24, 2.45) is 0 Å². The summed E-state index contributed by atoms with van der Waals surface area (Å²) >= 11 is 0. The molecular weight excluding hydrogens is 362 g/mol. The van der Waals surface area contributed by atoms with Crippen LogP contribution in [0.2, 0.25) is 0 Å². The molecule has 1 N–H and O–H groups in total. The van der Waals surface area contributed by atoms with Crippen molar-refractivity contribution < 1.29 is 23.7 Å². The number of methoxy groups -OCH3 is 3. The predicted molar refractivity (Wildman–Crippen MR) is 102 cm³/mol. The molecule has 1 fully saturated rings. The minimum atomic E-state index is -0.124. The largest absolute Gasteiger partial charge is 0.493 e. The lowest BCUT2D eigenvalue weighted by Crippen LogP contribution is -2.39. The van der Waals surface area contributed by atoms with E-state index in [1.165, 1.54) is 7.11 Å². The van der Waals surface area contributed by atoms with E-state index in [2.05, 4.69) is 15.3 Å². The Morgan fingerprint density at radius 2 is 1.61 bits per heavy atom. The van der Waals surface area contributed by atoms with Crippen LogP contribution in [0.4, 0.5) is 0 Å². The molecule has 1 aromatic carbocycles. The van der Waals surface area contributed by atoms with E-state index in [0.717, 1.165) is 25.7 Å². The van der Waals surface area contributed by atoms with Crippen molar-refractivity contribution in [3.05, 3.63) is 36.2 Å². The van der Waals surface area contributed by atoms with Gasteiger partial charge in [0, 0.05) is 24.0 Å². The average molecular weight is 387 g/mol. The Labute approximate surface area is 164 Å². The number of benzene rings is 1. The number of carbonyl (C=O) groups is 1. The summed E-state index contributed by atoms with van der Waals surface area (Å²) in [6.45, 7) is 0. The van der Waals surface area contributed by atoms with E-state index in [9.17, 15) is 4.79 Å². The zero-order valence-electron chi connectivity index (χ0n) is 16.3. The van der Waals surface area contributed by atoms with Gasteiger partial charge in [0.15, 0.2) is 11.5 Å². The molecule has 8 nitrogen and oxygen atoms in total. The summed E-state index contributed by atoms with van der Waals surface area (Å²) in [6, 6.07) is 5.24. The molecule has 0 radical (unpaired) electrons. The fourth-order valence-corrected chi connectivity index (χ4v) is 3.26. The van der Waals surface area contributed by atoms with Crippen LogP contribution in [-0.4, -0.2) is 49.4 Å². The van der Waals surface area contributed by atoms with Gasteiger partial charge in [-0.2, -0.15) is 0 Å². The molecule has 1 saturated carbocycles. The van der Waals surface area contributed by atoms with E-state index in [1.807, 2.05) is 0 Å². The average Bonchev–Trinajstić information content (AvgIpc) is 2.74. The minimum Gasteiger partial charge on any atom is -0.493 e. The van der Waals surface area contributed by atoms with Gasteiger partial charge in [-0.25, -0.2) is 9.97 Å². The molecule has 0 spiro atoms. The van der Waals surface area contributed by atoms with Gasteiger partial charge in [-0.3, -0.25) is 4.79 Å². The molecule has 1 amide bonds. The third-order valence-corrected chi connectivity index (χ3v) is 4.76. The molecule has 1 heterocycles. The quantitative estimate of drug-likeness (QED) is 0.781. The van der Waals surface area contributed by atoms with Gasteiger partial charge in [0.05, 0.1) is 21.3 Å². The second kappa shape index (κ2) is 9.25. The topological polar surface area (TPSA) is 91.8 Å². The van der Waals surface area contributed by atoms with Gasteiger partial charge >= 0.3 is 0 Å². The summed E-state index contributed by atoms with van der Waals surface area (Å²) < 4.78 is 21.6. The van der Waals surface area contributed by atoms with Gasteiger partial charge < -0.3 is 24.3 Å². The molecule has 1 aliphatic carbocycles. The van der Waals surface area contributed by atoms with Crippen LogP contribution in [0.5, 0.6) is 23.3 Å². The van der Waals surface area contributed by atoms with Gasteiger partial charge in [0.25, 0.3) is 17.7 Å². The number of rotatable bonds is 7. The number of carbonyl (C=O) groups excluding carboxylic acids is 1. The Morgan fingerprint density at radius 1 is 0.929 bits per heavy atom.